The summed E-state index contributed by atoms with van der Waals surface area (Å²) in [6.45, 7) is 2.79. The number of amides is 1. The predicted octanol–water partition coefficient (Wildman–Crippen LogP) is 2.81. The highest BCUT2D eigenvalue weighted by molar-refractivity contribution is 14.1. The second kappa shape index (κ2) is 6.55. The molecule has 1 aromatic carbocycles. The zero-order valence-corrected chi connectivity index (χ0v) is 11.6. The van der Waals surface area contributed by atoms with Crippen LogP contribution in [-0.2, 0) is 0 Å². The molecule has 0 saturated heterocycles. The third-order valence-electron chi connectivity index (χ3n) is 2.32. The van der Waals surface area contributed by atoms with E-state index in [0.717, 1.165) is 0 Å². The molecule has 0 unspecified atom stereocenters. The molecule has 5 heteroatoms. The normalized spacial score (nSPS) is 9.76. The molecule has 0 radical (unpaired) electrons. The van der Waals surface area contributed by atoms with E-state index in [1.165, 1.54) is 18.2 Å². The number of hydrogen-bond donors (Lipinski definition) is 0. The average molecular weight is 346 g/mol. The summed E-state index contributed by atoms with van der Waals surface area (Å²) in [5.41, 5.74) is 0.479. The molecule has 0 N–H and O–H groups in total. The Morgan fingerprint density at radius 3 is 2.82 bits per heavy atom. The number of rotatable bonds is 4. The molecule has 0 atom stereocenters. The Balaban J connectivity index is 2.90. The highest BCUT2D eigenvalue weighted by atomic mass is 127. The molecule has 0 aliphatic rings. The highest BCUT2D eigenvalue weighted by Gasteiger charge is 2.16. The minimum absolute atomic E-state index is 0.160. The van der Waals surface area contributed by atoms with Gasteiger partial charge < -0.3 is 4.90 Å². The molecule has 1 aromatic rings. The van der Waals surface area contributed by atoms with Crippen LogP contribution in [0, 0.1) is 20.7 Å². The number of halogens is 2. The first-order valence-electron chi connectivity index (χ1n) is 5.21. The molecule has 0 aliphatic heterocycles. The Morgan fingerprint density at radius 1 is 1.59 bits per heavy atom. The Hall–Kier alpha value is -1.16. The van der Waals surface area contributed by atoms with Crippen LogP contribution in [0.1, 0.15) is 23.7 Å². The number of nitrogens with zero attached hydrogens (tertiary/aromatic N) is 2. The maximum Gasteiger partial charge on any atom is 0.254 e. The van der Waals surface area contributed by atoms with Crippen molar-refractivity contribution in [2.24, 2.45) is 0 Å². The fourth-order valence-electron chi connectivity index (χ4n) is 1.42. The number of carbonyl (C=O) groups excluding carboxylic acids is 1. The van der Waals surface area contributed by atoms with Gasteiger partial charge in [0.25, 0.3) is 5.91 Å². The van der Waals surface area contributed by atoms with Crippen molar-refractivity contribution >= 4 is 28.5 Å². The molecule has 90 valence electrons. The summed E-state index contributed by atoms with van der Waals surface area (Å²) in [6.07, 6.45) is 0.303. The number of carbonyl (C=O) groups is 1. The Bertz CT molecular complexity index is 456. The molecule has 0 saturated carbocycles. The van der Waals surface area contributed by atoms with Crippen LogP contribution < -0.4 is 0 Å². The summed E-state index contributed by atoms with van der Waals surface area (Å²) in [6, 6.07) is 6.08. The van der Waals surface area contributed by atoms with E-state index >= 15 is 0 Å². The van der Waals surface area contributed by atoms with E-state index in [2.05, 4.69) is 0 Å². The minimum atomic E-state index is -0.356. The SMILES string of the molecule is CCN(CCC#N)C(=O)c1ccc(F)cc1I. The topological polar surface area (TPSA) is 44.1 Å². The van der Waals surface area contributed by atoms with E-state index < -0.39 is 0 Å². The van der Waals surface area contributed by atoms with Crippen LogP contribution in [-0.4, -0.2) is 23.9 Å². The Kier molecular flexibility index (Phi) is 5.35. The van der Waals surface area contributed by atoms with E-state index in [4.69, 9.17) is 5.26 Å². The smallest absolute Gasteiger partial charge is 0.254 e. The zero-order chi connectivity index (χ0) is 12.8. The lowest BCUT2D eigenvalue weighted by Gasteiger charge is -2.20. The average Bonchev–Trinajstić information content (AvgIpc) is 2.29. The van der Waals surface area contributed by atoms with Crippen LogP contribution in [0.2, 0.25) is 0 Å². The first kappa shape index (κ1) is 13.9. The summed E-state index contributed by atoms with van der Waals surface area (Å²) in [5.74, 6) is -0.516. The molecular formula is C12H12FIN2O. The van der Waals surface area contributed by atoms with E-state index in [1.807, 2.05) is 35.6 Å². The molecule has 0 spiro atoms. The highest BCUT2D eigenvalue weighted by Crippen LogP contribution is 2.16. The fourth-order valence-corrected chi connectivity index (χ4v) is 2.13. The maximum absolute atomic E-state index is 12.9. The molecule has 0 aromatic heterocycles. The summed E-state index contributed by atoms with van der Waals surface area (Å²) in [7, 11) is 0. The molecule has 0 fully saturated rings. The second-order valence-electron chi connectivity index (χ2n) is 3.42. The van der Waals surface area contributed by atoms with Crippen LogP contribution in [0.15, 0.2) is 18.2 Å². The van der Waals surface area contributed by atoms with E-state index in [1.54, 1.807) is 4.90 Å². The van der Waals surface area contributed by atoms with Crippen molar-refractivity contribution in [2.75, 3.05) is 13.1 Å². The van der Waals surface area contributed by atoms with Crippen LogP contribution in [0.4, 0.5) is 4.39 Å². The summed E-state index contributed by atoms with van der Waals surface area (Å²) in [5, 5.41) is 8.51. The van der Waals surface area contributed by atoms with Gasteiger partial charge in [0.1, 0.15) is 5.82 Å². The summed E-state index contributed by atoms with van der Waals surface area (Å²) >= 11 is 1.94. The van der Waals surface area contributed by atoms with Gasteiger partial charge in [0.15, 0.2) is 0 Å². The van der Waals surface area contributed by atoms with E-state index in [9.17, 15) is 9.18 Å². The van der Waals surface area contributed by atoms with Gasteiger partial charge in [-0.1, -0.05) is 0 Å². The minimum Gasteiger partial charge on any atom is -0.338 e. The molecular weight excluding hydrogens is 334 g/mol. The van der Waals surface area contributed by atoms with Gasteiger partial charge in [0.05, 0.1) is 18.1 Å². The predicted molar refractivity (Wildman–Crippen MR) is 70.9 cm³/mol. The summed E-state index contributed by atoms with van der Waals surface area (Å²) in [4.78, 5) is 13.7. The molecule has 0 heterocycles. The Labute approximate surface area is 113 Å². The monoisotopic (exact) mass is 346 g/mol. The largest absolute Gasteiger partial charge is 0.338 e. The quantitative estimate of drug-likeness (QED) is 0.787. The van der Waals surface area contributed by atoms with Gasteiger partial charge in [-0.25, -0.2) is 4.39 Å². The van der Waals surface area contributed by atoms with Crippen molar-refractivity contribution in [3.05, 3.63) is 33.1 Å². The van der Waals surface area contributed by atoms with Crippen molar-refractivity contribution < 1.29 is 9.18 Å². The summed E-state index contributed by atoms with van der Waals surface area (Å²) < 4.78 is 13.5. The maximum atomic E-state index is 12.9. The van der Waals surface area contributed by atoms with Gasteiger partial charge in [0, 0.05) is 16.7 Å². The van der Waals surface area contributed by atoms with Crippen molar-refractivity contribution in [3.8, 4) is 6.07 Å². The van der Waals surface area contributed by atoms with E-state index in [0.29, 0.717) is 28.6 Å². The Morgan fingerprint density at radius 2 is 2.29 bits per heavy atom. The first-order chi connectivity index (χ1) is 8.10. The molecule has 3 nitrogen and oxygen atoms in total. The lowest BCUT2D eigenvalue weighted by atomic mass is 10.2. The fraction of sp³-hybridized carbons (Fsp3) is 0.333. The van der Waals surface area contributed by atoms with Crippen LogP contribution in [0.5, 0.6) is 0 Å². The second-order valence-corrected chi connectivity index (χ2v) is 4.58. The lowest BCUT2D eigenvalue weighted by molar-refractivity contribution is 0.0766. The lowest BCUT2D eigenvalue weighted by Crippen LogP contribution is -2.32. The van der Waals surface area contributed by atoms with Crippen molar-refractivity contribution in [1.29, 1.82) is 5.26 Å². The standard InChI is InChI=1S/C12H12FIN2O/c1-2-16(7-3-6-15)12(17)10-5-4-9(13)8-11(10)14/h4-5,8H,2-3,7H2,1H3. The van der Waals surface area contributed by atoms with Gasteiger partial charge in [-0.15, -0.1) is 0 Å². The molecule has 17 heavy (non-hydrogen) atoms. The number of hydrogen-bond acceptors (Lipinski definition) is 2. The van der Waals surface area contributed by atoms with Gasteiger partial charge >= 0.3 is 0 Å². The molecule has 0 aliphatic carbocycles. The molecule has 1 rings (SSSR count). The van der Waals surface area contributed by atoms with Gasteiger partial charge in [0.2, 0.25) is 0 Å². The first-order valence-corrected chi connectivity index (χ1v) is 6.29. The van der Waals surface area contributed by atoms with Crippen LogP contribution >= 0.6 is 22.6 Å². The van der Waals surface area contributed by atoms with Crippen molar-refractivity contribution in [2.45, 2.75) is 13.3 Å². The number of nitriles is 1. The number of benzene rings is 1. The van der Waals surface area contributed by atoms with Crippen LogP contribution in [0.3, 0.4) is 0 Å². The molecule has 1 amide bonds. The van der Waals surface area contributed by atoms with Gasteiger partial charge in [-0.3, -0.25) is 4.79 Å². The van der Waals surface area contributed by atoms with Crippen molar-refractivity contribution in [3.63, 3.8) is 0 Å². The third kappa shape index (κ3) is 3.66. The van der Waals surface area contributed by atoms with E-state index in [-0.39, 0.29) is 11.7 Å². The van der Waals surface area contributed by atoms with Gasteiger partial charge in [-0.05, 0) is 47.7 Å². The third-order valence-corrected chi connectivity index (χ3v) is 3.22. The van der Waals surface area contributed by atoms with Crippen LogP contribution in [0.25, 0.3) is 0 Å². The van der Waals surface area contributed by atoms with Crippen molar-refractivity contribution in [1.82, 2.24) is 4.90 Å². The zero-order valence-electron chi connectivity index (χ0n) is 9.41. The molecule has 0 bridgehead atoms. The van der Waals surface area contributed by atoms with Gasteiger partial charge in [-0.2, -0.15) is 5.26 Å².